The predicted octanol–water partition coefficient (Wildman–Crippen LogP) is 2.90. The molecular formula is C15H15ClN4O. The number of aromatic nitrogens is 4. The lowest BCUT2D eigenvalue weighted by Crippen LogP contribution is -2.26. The van der Waals surface area contributed by atoms with Crippen LogP contribution in [0.2, 0.25) is 0 Å². The Bertz CT molecular complexity index is 876. The van der Waals surface area contributed by atoms with E-state index in [1.807, 2.05) is 33.2 Å². The Labute approximate surface area is 126 Å². The third-order valence-corrected chi connectivity index (χ3v) is 4.57. The molecule has 3 aromatic rings. The molecule has 1 fully saturated rings. The first-order chi connectivity index (χ1) is 10.3. The second-order valence-corrected chi connectivity index (χ2v) is 5.78. The smallest absolute Gasteiger partial charge is 0.263 e. The molecule has 1 saturated carbocycles. The van der Waals surface area contributed by atoms with E-state index in [4.69, 9.17) is 11.6 Å². The summed E-state index contributed by atoms with van der Waals surface area (Å²) < 4.78 is 3.74. The van der Waals surface area contributed by atoms with Crippen LogP contribution in [-0.4, -0.2) is 19.2 Å². The zero-order valence-electron chi connectivity index (χ0n) is 11.5. The molecule has 0 aliphatic heterocycles. The molecule has 0 spiro atoms. The van der Waals surface area contributed by atoms with Gasteiger partial charge >= 0.3 is 0 Å². The fourth-order valence-corrected chi connectivity index (χ4v) is 3.53. The summed E-state index contributed by atoms with van der Waals surface area (Å²) in [5, 5.41) is 9.09. The number of benzene rings is 1. The van der Waals surface area contributed by atoms with Crippen molar-refractivity contribution in [3.8, 4) is 0 Å². The zero-order chi connectivity index (χ0) is 14.4. The standard InChI is InChI=1S/C15H15ClN4O/c16-9-13-17-18-15-19(10-5-1-2-6-10)14(21)11-7-3-4-8-12(11)20(13)15/h3-4,7-8,10H,1-2,5-6,9H2. The summed E-state index contributed by atoms with van der Waals surface area (Å²) in [5.74, 6) is 1.56. The molecule has 1 aromatic carbocycles. The lowest BCUT2D eigenvalue weighted by molar-refractivity contribution is 0.511. The van der Waals surface area contributed by atoms with E-state index in [0.717, 1.165) is 31.2 Å². The molecule has 6 heteroatoms. The Kier molecular flexibility index (Phi) is 2.96. The quantitative estimate of drug-likeness (QED) is 0.684. The first kappa shape index (κ1) is 12.8. The largest absolute Gasteiger partial charge is 0.273 e. The Balaban J connectivity index is 2.18. The van der Waals surface area contributed by atoms with Gasteiger partial charge in [-0.3, -0.25) is 13.8 Å². The van der Waals surface area contributed by atoms with Gasteiger partial charge in [-0.25, -0.2) is 0 Å². The molecule has 0 amide bonds. The summed E-state index contributed by atoms with van der Waals surface area (Å²) in [6.45, 7) is 0. The summed E-state index contributed by atoms with van der Waals surface area (Å²) >= 11 is 5.99. The summed E-state index contributed by atoms with van der Waals surface area (Å²) in [5.41, 5.74) is 0.853. The highest BCUT2D eigenvalue weighted by molar-refractivity contribution is 6.16. The van der Waals surface area contributed by atoms with Crippen molar-refractivity contribution in [1.82, 2.24) is 19.2 Å². The number of hydrogen-bond acceptors (Lipinski definition) is 3. The Hall–Kier alpha value is -1.88. The van der Waals surface area contributed by atoms with Crippen molar-refractivity contribution in [1.29, 1.82) is 0 Å². The molecule has 0 bridgehead atoms. The van der Waals surface area contributed by atoms with E-state index in [1.54, 1.807) is 0 Å². The number of alkyl halides is 1. The zero-order valence-corrected chi connectivity index (χ0v) is 12.3. The maximum absolute atomic E-state index is 12.9. The fraction of sp³-hybridized carbons (Fsp3) is 0.400. The van der Waals surface area contributed by atoms with E-state index in [9.17, 15) is 4.79 Å². The molecule has 108 valence electrons. The predicted molar refractivity (Wildman–Crippen MR) is 81.8 cm³/mol. The van der Waals surface area contributed by atoms with Crippen molar-refractivity contribution in [2.24, 2.45) is 0 Å². The van der Waals surface area contributed by atoms with Crippen LogP contribution in [0.15, 0.2) is 29.1 Å². The van der Waals surface area contributed by atoms with E-state index < -0.39 is 0 Å². The third-order valence-electron chi connectivity index (χ3n) is 4.33. The highest BCUT2D eigenvalue weighted by Gasteiger charge is 2.24. The van der Waals surface area contributed by atoms with Gasteiger partial charge in [-0.05, 0) is 25.0 Å². The summed E-state index contributed by atoms with van der Waals surface area (Å²) in [6, 6.07) is 7.80. The van der Waals surface area contributed by atoms with Gasteiger partial charge in [-0.15, -0.1) is 21.8 Å². The minimum Gasteiger partial charge on any atom is -0.273 e. The molecule has 0 saturated heterocycles. The topological polar surface area (TPSA) is 52.2 Å². The van der Waals surface area contributed by atoms with Crippen molar-refractivity contribution in [2.75, 3.05) is 0 Å². The van der Waals surface area contributed by atoms with Gasteiger partial charge < -0.3 is 0 Å². The van der Waals surface area contributed by atoms with Crippen molar-refractivity contribution < 1.29 is 0 Å². The van der Waals surface area contributed by atoms with E-state index in [1.165, 1.54) is 0 Å². The summed E-state index contributed by atoms with van der Waals surface area (Å²) in [4.78, 5) is 12.9. The minimum atomic E-state index is 0.0264. The van der Waals surface area contributed by atoms with Crippen LogP contribution in [0.5, 0.6) is 0 Å². The molecule has 1 aliphatic rings. The molecule has 21 heavy (non-hydrogen) atoms. The molecule has 2 aromatic heterocycles. The van der Waals surface area contributed by atoms with Crippen LogP contribution in [-0.2, 0) is 5.88 Å². The highest BCUT2D eigenvalue weighted by atomic mass is 35.5. The second-order valence-electron chi connectivity index (χ2n) is 5.52. The van der Waals surface area contributed by atoms with E-state index in [0.29, 0.717) is 17.0 Å². The van der Waals surface area contributed by atoms with Gasteiger partial charge in [0.1, 0.15) is 0 Å². The number of hydrogen-bond donors (Lipinski definition) is 0. The van der Waals surface area contributed by atoms with Crippen LogP contribution >= 0.6 is 11.6 Å². The Morgan fingerprint density at radius 1 is 1.19 bits per heavy atom. The number of nitrogens with zero attached hydrogens (tertiary/aromatic N) is 4. The number of para-hydroxylation sites is 1. The molecule has 0 N–H and O–H groups in total. The summed E-state index contributed by atoms with van der Waals surface area (Å²) in [6.07, 6.45) is 4.37. The molecule has 0 radical (unpaired) electrons. The van der Waals surface area contributed by atoms with Crippen LogP contribution in [0, 0.1) is 0 Å². The maximum atomic E-state index is 12.9. The van der Waals surface area contributed by atoms with Gasteiger partial charge in [-0.2, -0.15) is 0 Å². The average Bonchev–Trinajstić information content (AvgIpc) is 3.17. The number of fused-ring (bicyclic) bond motifs is 3. The van der Waals surface area contributed by atoms with Crippen LogP contribution in [0.25, 0.3) is 16.7 Å². The normalized spacial score (nSPS) is 16.2. The Morgan fingerprint density at radius 3 is 2.71 bits per heavy atom. The van der Waals surface area contributed by atoms with E-state index in [2.05, 4.69) is 10.2 Å². The molecular weight excluding hydrogens is 288 g/mol. The van der Waals surface area contributed by atoms with E-state index in [-0.39, 0.29) is 17.5 Å². The molecule has 4 rings (SSSR count). The molecule has 1 aliphatic carbocycles. The molecule has 0 unspecified atom stereocenters. The SMILES string of the molecule is O=c1c2ccccc2n2c(CCl)nnc2n1C1CCCC1. The third kappa shape index (κ3) is 1.80. The Morgan fingerprint density at radius 2 is 1.95 bits per heavy atom. The van der Waals surface area contributed by atoms with Gasteiger partial charge in [0.05, 0.1) is 16.8 Å². The van der Waals surface area contributed by atoms with Crippen molar-refractivity contribution in [3.63, 3.8) is 0 Å². The van der Waals surface area contributed by atoms with E-state index >= 15 is 0 Å². The van der Waals surface area contributed by atoms with Crippen LogP contribution in [0.4, 0.5) is 0 Å². The average molecular weight is 303 g/mol. The number of halogens is 1. The lowest BCUT2D eigenvalue weighted by Gasteiger charge is -2.16. The molecule has 2 heterocycles. The minimum absolute atomic E-state index is 0.0264. The number of rotatable bonds is 2. The van der Waals surface area contributed by atoms with Crippen molar-refractivity contribution >= 4 is 28.3 Å². The van der Waals surface area contributed by atoms with Crippen LogP contribution in [0.3, 0.4) is 0 Å². The van der Waals surface area contributed by atoms with Crippen molar-refractivity contribution in [3.05, 3.63) is 40.4 Å². The van der Waals surface area contributed by atoms with Gasteiger partial charge in [0.15, 0.2) is 5.82 Å². The second kappa shape index (κ2) is 4.84. The lowest BCUT2D eigenvalue weighted by atomic mass is 10.2. The van der Waals surface area contributed by atoms with Gasteiger partial charge in [-0.1, -0.05) is 25.0 Å². The van der Waals surface area contributed by atoms with Gasteiger partial charge in [0.25, 0.3) is 5.56 Å². The molecule has 0 atom stereocenters. The first-order valence-corrected chi connectivity index (χ1v) is 7.78. The van der Waals surface area contributed by atoms with Crippen LogP contribution in [0.1, 0.15) is 37.5 Å². The first-order valence-electron chi connectivity index (χ1n) is 7.24. The summed E-state index contributed by atoms with van der Waals surface area (Å²) in [7, 11) is 0. The maximum Gasteiger partial charge on any atom is 0.263 e. The highest BCUT2D eigenvalue weighted by Crippen LogP contribution is 2.30. The van der Waals surface area contributed by atoms with Gasteiger partial charge in [0.2, 0.25) is 5.78 Å². The van der Waals surface area contributed by atoms with Gasteiger partial charge in [0, 0.05) is 6.04 Å². The fourth-order valence-electron chi connectivity index (χ4n) is 3.36. The van der Waals surface area contributed by atoms with Crippen molar-refractivity contribution in [2.45, 2.75) is 37.6 Å². The van der Waals surface area contributed by atoms with Crippen LogP contribution < -0.4 is 5.56 Å². The molecule has 5 nitrogen and oxygen atoms in total. The monoisotopic (exact) mass is 302 g/mol.